The number of rotatable bonds is 7. The van der Waals surface area contributed by atoms with Gasteiger partial charge in [0.05, 0.1) is 18.8 Å². The molecular formula is C20H27ClN2O2S. The van der Waals surface area contributed by atoms with Crippen LogP contribution in [0.5, 0.6) is 0 Å². The van der Waals surface area contributed by atoms with E-state index < -0.39 is 5.97 Å². The zero-order chi connectivity index (χ0) is 17.8. The van der Waals surface area contributed by atoms with Gasteiger partial charge >= 0.3 is 5.97 Å². The Hall–Kier alpha value is -1.43. The van der Waals surface area contributed by atoms with Crippen molar-refractivity contribution in [1.82, 2.24) is 9.88 Å². The lowest BCUT2D eigenvalue weighted by Crippen LogP contribution is -2.36. The first-order valence-corrected chi connectivity index (χ1v) is 9.91. The monoisotopic (exact) mass is 394 g/mol. The quantitative estimate of drug-likeness (QED) is 0.702. The minimum absolute atomic E-state index is 0. The van der Waals surface area contributed by atoms with E-state index in [1.165, 1.54) is 18.4 Å². The summed E-state index contributed by atoms with van der Waals surface area (Å²) in [6, 6.07) is 8.96. The first kappa shape index (κ1) is 20.9. The molecule has 142 valence electrons. The molecule has 0 unspecified atom stereocenters. The van der Waals surface area contributed by atoms with Crippen molar-refractivity contribution in [2.24, 2.45) is 0 Å². The van der Waals surface area contributed by atoms with E-state index in [-0.39, 0.29) is 19.0 Å². The van der Waals surface area contributed by atoms with Gasteiger partial charge in [-0.3, -0.25) is 9.69 Å². The van der Waals surface area contributed by atoms with Gasteiger partial charge in [-0.1, -0.05) is 51.0 Å². The van der Waals surface area contributed by atoms with Gasteiger partial charge in [0.15, 0.2) is 0 Å². The Bertz CT molecular complexity index is 709. The highest BCUT2D eigenvalue weighted by molar-refractivity contribution is 7.09. The highest BCUT2D eigenvalue weighted by Crippen LogP contribution is 2.28. The van der Waals surface area contributed by atoms with Crippen LogP contribution in [0.25, 0.3) is 11.3 Å². The van der Waals surface area contributed by atoms with Gasteiger partial charge in [-0.05, 0) is 24.3 Å². The lowest BCUT2D eigenvalue weighted by atomic mass is 10.0. The predicted octanol–water partition coefficient (Wildman–Crippen LogP) is 5.18. The predicted molar refractivity (Wildman–Crippen MR) is 109 cm³/mol. The van der Waals surface area contributed by atoms with E-state index in [0.29, 0.717) is 18.5 Å². The standard InChI is InChI=1S/C20H26N2O2S.ClH/c1-14(2)15-7-9-16(10-8-15)18-13-25-19(21-18)11-22(12-20(23)24)17-5-3-4-6-17;/h7-10,13-14,17H,3-6,11-12H2,1-2H3,(H,23,24);1H. The van der Waals surface area contributed by atoms with Crippen molar-refractivity contribution in [2.45, 2.75) is 58.0 Å². The van der Waals surface area contributed by atoms with Gasteiger partial charge in [-0.2, -0.15) is 0 Å². The molecule has 0 aliphatic heterocycles. The maximum Gasteiger partial charge on any atom is 0.317 e. The van der Waals surface area contributed by atoms with Crippen LogP contribution in [-0.2, 0) is 11.3 Å². The van der Waals surface area contributed by atoms with Crippen LogP contribution in [-0.4, -0.2) is 33.5 Å². The van der Waals surface area contributed by atoms with Crippen LogP contribution in [0.4, 0.5) is 0 Å². The fraction of sp³-hybridized carbons (Fsp3) is 0.500. The van der Waals surface area contributed by atoms with Crippen LogP contribution in [0.2, 0.25) is 0 Å². The van der Waals surface area contributed by atoms with E-state index in [1.54, 1.807) is 11.3 Å². The number of nitrogens with zero attached hydrogens (tertiary/aromatic N) is 2. The molecule has 1 N–H and O–H groups in total. The summed E-state index contributed by atoms with van der Waals surface area (Å²) in [7, 11) is 0. The Labute approximate surface area is 165 Å². The zero-order valence-corrected chi connectivity index (χ0v) is 17.0. The second-order valence-electron chi connectivity index (χ2n) is 7.14. The first-order chi connectivity index (χ1) is 12.0. The molecule has 0 saturated heterocycles. The van der Waals surface area contributed by atoms with Gasteiger partial charge in [0.25, 0.3) is 0 Å². The number of halogens is 1. The van der Waals surface area contributed by atoms with Crippen molar-refractivity contribution in [1.29, 1.82) is 0 Å². The number of hydrogen-bond acceptors (Lipinski definition) is 4. The van der Waals surface area contributed by atoms with Crippen LogP contribution in [0, 0.1) is 0 Å². The molecule has 26 heavy (non-hydrogen) atoms. The number of aromatic nitrogens is 1. The molecule has 0 amide bonds. The number of carboxylic acids is 1. The number of aliphatic carboxylic acids is 1. The van der Waals surface area contributed by atoms with Crippen molar-refractivity contribution in [3.05, 3.63) is 40.2 Å². The average Bonchev–Trinajstić information content (AvgIpc) is 3.26. The molecule has 1 fully saturated rings. The molecule has 1 aliphatic carbocycles. The molecule has 2 aromatic rings. The van der Waals surface area contributed by atoms with E-state index in [9.17, 15) is 9.90 Å². The smallest absolute Gasteiger partial charge is 0.317 e. The van der Waals surface area contributed by atoms with Gasteiger partial charge in [0.1, 0.15) is 5.01 Å². The van der Waals surface area contributed by atoms with Crippen LogP contribution in [0.3, 0.4) is 0 Å². The summed E-state index contributed by atoms with van der Waals surface area (Å²) in [5.74, 6) is -0.232. The summed E-state index contributed by atoms with van der Waals surface area (Å²) in [4.78, 5) is 18.1. The van der Waals surface area contributed by atoms with Crippen LogP contribution in [0.15, 0.2) is 29.6 Å². The van der Waals surface area contributed by atoms with E-state index in [1.807, 2.05) is 0 Å². The summed E-state index contributed by atoms with van der Waals surface area (Å²) in [6.45, 7) is 5.11. The number of benzene rings is 1. The van der Waals surface area contributed by atoms with Crippen LogP contribution in [0.1, 0.15) is 56.0 Å². The fourth-order valence-electron chi connectivity index (χ4n) is 3.49. The van der Waals surface area contributed by atoms with Crippen molar-refractivity contribution in [3.8, 4) is 11.3 Å². The summed E-state index contributed by atoms with van der Waals surface area (Å²) < 4.78 is 0. The van der Waals surface area contributed by atoms with E-state index in [2.05, 4.69) is 48.4 Å². The Balaban J connectivity index is 0.00000243. The molecular weight excluding hydrogens is 368 g/mol. The van der Waals surface area contributed by atoms with Gasteiger partial charge in [-0.25, -0.2) is 4.98 Å². The molecule has 1 aromatic heterocycles. The van der Waals surface area contributed by atoms with Crippen molar-refractivity contribution in [3.63, 3.8) is 0 Å². The van der Waals surface area contributed by atoms with Crippen LogP contribution < -0.4 is 0 Å². The molecule has 0 radical (unpaired) electrons. The second-order valence-corrected chi connectivity index (χ2v) is 8.08. The maximum atomic E-state index is 11.2. The molecule has 1 heterocycles. The minimum atomic E-state index is -0.757. The third-order valence-electron chi connectivity index (χ3n) is 4.94. The lowest BCUT2D eigenvalue weighted by Gasteiger charge is -2.25. The molecule has 3 rings (SSSR count). The molecule has 0 spiro atoms. The maximum absolute atomic E-state index is 11.2. The van der Waals surface area contributed by atoms with E-state index in [0.717, 1.165) is 29.1 Å². The number of carbonyl (C=O) groups is 1. The third kappa shape index (κ3) is 5.29. The highest BCUT2D eigenvalue weighted by Gasteiger charge is 2.25. The lowest BCUT2D eigenvalue weighted by molar-refractivity contribution is -0.139. The molecule has 1 aliphatic rings. The third-order valence-corrected chi connectivity index (χ3v) is 5.78. The second kappa shape index (κ2) is 9.49. The van der Waals surface area contributed by atoms with Gasteiger partial charge in [-0.15, -0.1) is 23.7 Å². The van der Waals surface area contributed by atoms with Crippen molar-refractivity contribution >= 4 is 29.7 Å². The van der Waals surface area contributed by atoms with Crippen molar-refractivity contribution < 1.29 is 9.90 Å². The summed E-state index contributed by atoms with van der Waals surface area (Å²) in [5.41, 5.74) is 3.43. The molecule has 6 heteroatoms. The Kier molecular flexibility index (Phi) is 7.62. The van der Waals surface area contributed by atoms with E-state index >= 15 is 0 Å². The summed E-state index contributed by atoms with van der Waals surface area (Å²) >= 11 is 1.62. The highest BCUT2D eigenvalue weighted by atomic mass is 35.5. The first-order valence-electron chi connectivity index (χ1n) is 9.03. The largest absolute Gasteiger partial charge is 0.480 e. The van der Waals surface area contributed by atoms with Crippen LogP contribution >= 0.6 is 23.7 Å². The molecule has 1 saturated carbocycles. The van der Waals surface area contributed by atoms with Gasteiger partial charge in [0, 0.05) is 17.0 Å². The summed E-state index contributed by atoms with van der Waals surface area (Å²) in [6.07, 6.45) is 4.60. The van der Waals surface area contributed by atoms with Gasteiger partial charge < -0.3 is 5.11 Å². The fourth-order valence-corrected chi connectivity index (χ4v) is 4.31. The normalized spacial score (nSPS) is 14.8. The molecule has 0 atom stereocenters. The SMILES string of the molecule is CC(C)c1ccc(-c2csc(CN(CC(=O)O)C3CCCC3)n2)cc1.Cl. The number of carboxylic acid groups (broad SMARTS) is 1. The zero-order valence-electron chi connectivity index (χ0n) is 15.4. The molecule has 0 bridgehead atoms. The van der Waals surface area contributed by atoms with E-state index in [4.69, 9.17) is 4.98 Å². The minimum Gasteiger partial charge on any atom is -0.480 e. The van der Waals surface area contributed by atoms with Crippen molar-refractivity contribution in [2.75, 3.05) is 6.54 Å². The Morgan fingerprint density at radius 2 is 1.92 bits per heavy atom. The topological polar surface area (TPSA) is 53.4 Å². The average molecular weight is 395 g/mol. The number of hydrogen-bond donors (Lipinski definition) is 1. The number of thiazole rings is 1. The Morgan fingerprint density at radius 1 is 1.27 bits per heavy atom. The molecule has 1 aromatic carbocycles. The molecule has 4 nitrogen and oxygen atoms in total. The van der Waals surface area contributed by atoms with Gasteiger partial charge in [0.2, 0.25) is 0 Å². The Morgan fingerprint density at radius 3 is 2.50 bits per heavy atom. The summed E-state index contributed by atoms with van der Waals surface area (Å²) in [5, 5.41) is 12.3.